The monoisotopic (exact) mass is 1430 g/mol. The van der Waals surface area contributed by atoms with Crippen LogP contribution in [0.25, 0.3) is 22.1 Å². The van der Waals surface area contributed by atoms with Gasteiger partial charge in [0.1, 0.15) is 40.5 Å². The highest BCUT2D eigenvalue weighted by Gasteiger charge is 2.27. The number of anilines is 2. The minimum atomic E-state index is -0.653. The van der Waals surface area contributed by atoms with E-state index in [1.807, 2.05) is 67.2 Å². The molecule has 2 aromatic carbocycles. The van der Waals surface area contributed by atoms with Crippen LogP contribution in [0.5, 0.6) is 11.5 Å². The number of aromatic nitrogens is 8. The van der Waals surface area contributed by atoms with Crippen molar-refractivity contribution >= 4 is 69.4 Å². The lowest BCUT2D eigenvalue weighted by Gasteiger charge is -2.34. The number of carbonyl (C=O) groups excluding carboxylic acids is 6. The van der Waals surface area contributed by atoms with E-state index in [1.54, 1.807) is 40.7 Å². The summed E-state index contributed by atoms with van der Waals surface area (Å²) in [7, 11) is 1.58. The van der Waals surface area contributed by atoms with Crippen LogP contribution < -0.4 is 31.2 Å². The first-order valence-corrected chi connectivity index (χ1v) is 34.6. The van der Waals surface area contributed by atoms with E-state index >= 15 is 0 Å². The number of benzene rings is 2. The molecule has 0 aliphatic carbocycles. The van der Waals surface area contributed by atoms with E-state index in [2.05, 4.69) is 35.9 Å². The Bertz CT molecular complexity index is 3670. The summed E-state index contributed by atoms with van der Waals surface area (Å²) in [6.45, 7) is 23.1. The van der Waals surface area contributed by atoms with Crippen molar-refractivity contribution in [3.05, 3.63) is 95.1 Å². The summed E-state index contributed by atoms with van der Waals surface area (Å²) >= 11 is 0. The molecule has 5 N–H and O–H groups in total. The zero-order valence-corrected chi connectivity index (χ0v) is 59.2. The second-order valence-corrected chi connectivity index (χ2v) is 23.4. The number of hydrogen-bond acceptors (Lipinski definition) is 24. The summed E-state index contributed by atoms with van der Waals surface area (Å²) in [6.07, 6.45) is 6.81. The highest BCUT2D eigenvalue weighted by Crippen LogP contribution is 2.33. The lowest BCUT2D eigenvalue weighted by Crippen LogP contribution is -2.47. The molecule has 1 saturated heterocycles. The molecule has 33 nitrogen and oxygen atoms in total. The number of nitrogens with two attached hydrogens (primary N) is 1. The topological polar surface area (TPSA) is 356 Å². The number of nitrogens with zero attached hydrogens (tertiary/aromatic N) is 11. The van der Waals surface area contributed by atoms with Gasteiger partial charge in [-0.3, -0.25) is 58.6 Å². The van der Waals surface area contributed by atoms with Crippen LogP contribution in [0, 0.1) is 13.8 Å². The van der Waals surface area contributed by atoms with Gasteiger partial charge < -0.3 is 81.9 Å². The van der Waals surface area contributed by atoms with Gasteiger partial charge in [0, 0.05) is 89.7 Å². The Morgan fingerprint density at radius 3 is 1.41 bits per heavy atom. The van der Waals surface area contributed by atoms with Gasteiger partial charge in [-0.1, -0.05) is 18.2 Å². The molecule has 33 heteroatoms. The van der Waals surface area contributed by atoms with E-state index in [4.69, 9.17) is 72.5 Å². The molecule has 6 heterocycles. The van der Waals surface area contributed by atoms with Crippen LogP contribution >= 0.6 is 0 Å². The van der Waals surface area contributed by atoms with E-state index in [-0.39, 0.29) is 50.2 Å². The maximum absolute atomic E-state index is 14.0. The van der Waals surface area contributed by atoms with Crippen molar-refractivity contribution in [3.8, 4) is 11.5 Å². The Balaban J connectivity index is 0.646. The summed E-state index contributed by atoms with van der Waals surface area (Å²) in [6, 6.07) is 12.2. The zero-order chi connectivity index (χ0) is 72.3. The average Bonchev–Trinajstić information content (AvgIpc) is 1.62. The van der Waals surface area contributed by atoms with E-state index in [0.717, 1.165) is 62.0 Å². The molecule has 0 bridgehead atoms. The van der Waals surface area contributed by atoms with Gasteiger partial charge in [-0.05, 0) is 70.5 Å². The highest BCUT2D eigenvalue weighted by molar-refractivity contribution is 6.14. The fourth-order valence-electron chi connectivity index (χ4n) is 11.0. The number of imide groups is 1. The second-order valence-electron chi connectivity index (χ2n) is 23.4. The number of aryl methyl sites for hydroxylation is 4. The van der Waals surface area contributed by atoms with Crippen molar-refractivity contribution < 1.29 is 85.6 Å². The van der Waals surface area contributed by atoms with Gasteiger partial charge >= 0.3 is 0 Å². The number of methoxy groups -OCH3 is 1. The number of fused-ring (bicyclic) bond motifs is 2. The smallest absolute Gasteiger partial charge is 0.276 e. The molecule has 2 aliphatic rings. The van der Waals surface area contributed by atoms with E-state index < -0.39 is 29.5 Å². The van der Waals surface area contributed by atoms with Gasteiger partial charge in [0.2, 0.25) is 23.7 Å². The predicted molar refractivity (Wildman–Crippen MR) is 375 cm³/mol. The number of rotatable bonds is 52. The van der Waals surface area contributed by atoms with Crippen molar-refractivity contribution in [2.24, 2.45) is 5.73 Å². The van der Waals surface area contributed by atoms with Crippen molar-refractivity contribution in [2.45, 2.75) is 60.3 Å². The summed E-state index contributed by atoms with van der Waals surface area (Å²) in [4.78, 5) is 90.7. The van der Waals surface area contributed by atoms with Crippen LogP contribution in [0.15, 0.2) is 66.8 Å². The van der Waals surface area contributed by atoms with Gasteiger partial charge in [-0.25, -0.2) is 9.97 Å². The molecule has 0 spiro atoms. The third-order valence-corrected chi connectivity index (χ3v) is 16.1. The SMILES string of the molecule is CCn1nc(C)cc1C(=O)Nc1nc2cccc(OC)c2n1C/C=C/Cn1c(NC(=O)c2cc(C)nn2CC)nc2cc(C(N)=O)cc(OCCCN3CCN(CCOCCOCCOCCOCCOCCOCCOCCOCCOCCOCCNC(=O)CN4C(=O)C=CC4=O)CC3)c21. The van der Waals surface area contributed by atoms with E-state index in [9.17, 15) is 28.8 Å². The number of nitrogens with one attached hydrogen (secondary N) is 3. The van der Waals surface area contributed by atoms with E-state index in [1.165, 1.54) is 0 Å². The Kier molecular flexibility index (Phi) is 33.7. The molecule has 102 heavy (non-hydrogen) atoms. The minimum absolute atomic E-state index is 0.203. The van der Waals surface area contributed by atoms with Crippen LogP contribution in [0.2, 0.25) is 0 Å². The van der Waals surface area contributed by atoms with Gasteiger partial charge in [0.25, 0.3) is 23.6 Å². The van der Waals surface area contributed by atoms with Crippen molar-refractivity contribution in [1.29, 1.82) is 0 Å². The molecule has 2 aliphatic heterocycles. The molecule has 6 amide bonds. The molecular weight excluding hydrogens is 1330 g/mol. The largest absolute Gasteiger partial charge is 0.494 e. The van der Waals surface area contributed by atoms with Crippen LogP contribution in [0.3, 0.4) is 0 Å². The minimum Gasteiger partial charge on any atom is -0.494 e. The standard InChI is InChI=1S/C69H99N15O18/c1-6-83-56(46-51(3)76-83)66(89)74-68-72-54-12-10-13-58(91-5)63(54)80(68)18-8-9-19-81-64-55(73-69(81)75-67(90)57-47-52(4)77-84(57)7-2)48-53(65(70)88)49-59(64)102-25-11-17-78-20-22-79(23-21-78)24-27-93-29-31-95-33-35-97-37-39-99-41-43-101-45-44-100-42-40-98-38-36-96-34-32-94-30-28-92-26-16-71-60(85)50-82-61(86)14-15-62(82)87/h8-10,12-15,46-49H,6-7,11,16-45,50H2,1-5H3,(H2,70,88)(H,71,85)(H,72,74,89)(H,73,75,90)/b9-8+. The number of hydrogen-bond donors (Lipinski definition) is 4. The number of imidazole rings is 2. The fourth-order valence-corrected chi connectivity index (χ4v) is 11.0. The zero-order valence-electron chi connectivity index (χ0n) is 59.2. The summed E-state index contributed by atoms with van der Waals surface area (Å²) in [5, 5.41) is 17.5. The second kappa shape index (κ2) is 43.4. The lowest BCUT2D eigenvalue weighted by molar-refractivity contribution is -0.141. The van der Waals surface area contributed by atoms with Crippen LogP contribution in [0.1, 0.15) is 63.0 Å². The number of allylic oxidation sites excluding steroid dienone is 2. The van der Waals surface area contributed by atoms with Crippen molar-refractivity contribution in [1.82, 2.24) is 58.7 Å². The first-order valence-electron chi connectivity index (χ1n) is 34.6. The molecule has 0 unspecified atom stereocenters. The quantitative estimate of drug-likeness (QED) is 0.0242. The van der Waals surface area contributed by atoms with Crippen LogP contribution in [-0.2, 0) is 87.9 Å². The Morgan fingerprint density at radius 1 is 0.529 bits per heavy atom. The Morgan fingerprint density at radius 2 is 0.961 bits per heavy atom. The molecule has 6 aromatic rings. The highest BCUT2D eigenvalue weighted by atomic mass is 16.6. The lowest BCUT2D eigenvalue weighted by atomic mass is 10.1. The normalized spacial score (nSPS) is 13.6. The maximum atomic E-state index is 14.0. The molecular formula is C69H99N15O18. The Labute approximate surface area is 593 Å². The number of primary amides is 1. The van der Waals surface area contributed by atoms with Gasteiger partial charge in [-0.2, -0.15) is 10.2 Å². The van der Waals surface area contributed by atoms with Crippen LogP contribution in [-0.4, -0.2) is 287 Å². The number of piperazine rings is 1. The van der Waals surface area contributed by atoms with Crippen molar-refractivity contribution in [2.75, 3.05) is 209 Å². The molecule has 4 aromatic heterocycles. The third-order valence-electron chi connectivity index (χ3n) is 16.1. The maximum Gasteiger partial charge on any atom is 0.276 e. The molecule has 8 rings (SSSR count). The fraction of sp³-hybridized carbons (Fsp3) is 0.565. The van der Waals surface area contributed by atoms with Gasteiger partial charge in [-0.15, -0.1) is 0 Å². The first-order chi connectivity index (χ1) is 49.7. The number of para-hydroxylation sites is 1. The van der Waals surface area contributed by atoms with Crippen LogP contribution in [0.4, 0.5) is 11.9 Å². The first kappa shape index (κ1) is 79.1. The van der Waals surface area contributed by atoms with E-state index in [0.29, 0.717) is 208 Å². The summed E-state index contributed by atoms with van der Waals surface area (Å²) in [5.41, 5.74) is 10.5. The summed E-state index contributed by atoms with van der Waals surface area (Å²) in [5.74, 6) is -1.38. The number of carbonyl (C=O) groups is 6. The van der Waals surface area contributed by atoms with Crippen molar-refractivity contribution in [3.63, 3.8) is 0 Å². The molecule has 558 valence electrons. The predicted octanol–water partition coefficient (Wildman–Crippen LogP) is 2.90. The molecule has 0 saturated carbocycles. The average molecular weight is 1430 g/mol. The van der Waals surface area contributed by atoms with Gasteiger partial charge in [0.05, 0.1) is 168 Å². The number of amides is 6. The Hall–Kier alpha value is -8.58. The molecule has 0 radical (unpaired) electrons. The molecule has 0 atom stereocenters. The molecule has 1 fully saturated rings. The van der Waals surface area contributed by atoms with Gasteiger partial charge in [0.15, 0.2) is 0 Å². The number of ether oxygens (including phenoxy) is 12. The summed E-state index contributed by atoms with van der Waals surface area (Å²) < 4.78 is 75.0. The third kappa shape index (κ3) is 25.1.